The minimum atomic E-state index is 0.115. The van der Waals surface area contributed by atoms with Crippen molar-refractivity contribution in [1.29, 1.82) is 5.26 Å². The van der Waals surface area contributed by atoms with E-state index in [4.69, 9.17) is 16.9 Å². The van der Waals surface area contributed by atoms with Crippen LogP contribution in [0.15, 0.2) is 48.9 Å². The Morgan fingerprint density at radius 1 is 1.29 bits per heavy atom. The van der Waals surface area contributed by atoms with Gasteiger partial charge < -0.3 is 5.32 Å². The molecule has 0 fully saturated rings. The first-order valence-electron chi connectivity index (χ1n) is 7.43. The van der Waals surface area contributed by atoms with Gasteiger partial charge in [0.05, 0.1) is 22.8 Å². The van der Waals surface area contributed by atoms with Gasteiger partial charge in [-0.2, -0.15) is 10.4 Å². The van der Waals surface area contributed by atoms with E-state index in [0.717, 1.165) is 11.3 Å². The molecule has 2 heterocycles. The predicted octanol–water partition coefficient (Wildman–Crippen LogP) is 3.37. The summed E-state index contributed by atoms with van der Waals surface area (Å²) in [6.45, 7) is 2.71. The lowest BCUT2D eigenvalue weighted by Gasteiger charge is -2.13. The van der Waals surface area contributed by atoms with E-state index in [-0.39, 0.29) is 6.04 Å². The molecule has 0 bridgehead atoms. The number of nitrogens with one attached hydrogen (secondary N) is 1. The molecule has 0 amide bonds. The van der Waals surface area contributed by atoms with Gasteiger partial charge in [-0.1, -0.05) is 17.7 Å². The molecule has 0 aliphatic carbocycles. The molecule has 0 aliphatic heterocycles. The lowest BCUT2D eigenvalue weighted by Crippen LogP contribution is -2.23. The maximum Gasteiger partial charge on any atom is 0.222 e. The summed E-state index contributed by atoms with van der Waals surface area (Å²) < 4.78 is 1.85. The SMILES string of the molecule is C[C@@H](Cn1ccc(-c2ccc(C#N)c(Cl)c2)n1)Nc1ncccn1. The largest absolute Gasteiger partial charge is 0.350 e. The smallest absolute Gasteiger partial charge is 0.222 e. The molecule has 1 N–H and O–H groups in total. The second-order valence-electron chi connectivity index (χ2n) is 5.35. The Kier molecular flexibility index (Phi) is 4.73. The van der Waals surface area contributed by atoms with Crippen molar-refractivity contribution in [3.05, 3.63) is 59.5 Å². The molecule has 2 aromatic heterocycles. The van der Waals surface area contributed by atoms with Gasteiger partial charge >= 0.3 is 0 Å². The molecule has 24 heavy (non-hydrogen) atoms. The van der Waals surface area contributed by atoms with Crippen molar-refractivity contribution in [2.24, 2.45) is 0 Å². The number of rotatable bonds is 5. The van der Waals surface area contributed by atoms with Gasteiger partial charge in [-0.15, -0.1) is 0 Å². The zero-order valence-corrected chi connectivity index (χ0v) is 13.8. The van der Waals surface area contributed by atoms with Crippen LogP contribution in [0.1, 0.15) is 12.5 Å². The third-order valence-corrected chi connectivity index (χ3v) is 3.74. The van der Waals surface area contributed by atoms with Crippen molar-refractivity contribution in [2.75, 3.05) is 5.32 Å². The highest BCUT2D eigenvalue weighted by atomic mass is 35.5. The summed E-state index contributed by atoms with van der Waals surface area (Å²) in [6, 6.07) is 11.2. The molecule has 3 aromatic rings. The third kappa shape index (κ3) is 3.70. The zero-order valence-electron chi connectivity index (χ0n) is 13.0. The number of nitrogens with zero attached hydrogens (tertiary/aromatic N) is 5. The quantitative estimate of drug-likeness (QED) is 0.771. The number of aromatic nitrogens is 4. The van der Waals surface area contributed by atoms with Crippen LogP contribution in [0.3, 0.4) is 0 Å². The first-order chi connectivity index (χ1) is 11.7. The van der Waals surface area contributed by atoms with Gasteiger partial charge in [0, 0.05) is 30.2 Å². The topological polar surface area (TPSA) is 79.4 Å². The fourth-order valence-corrected chi connectivity index (χ4v) is 2.53. The number of halogens is 1. The number of anilines is 1. The van der Waals surface area contributed by atoms with Gasteiger partial charge in [0.15, 0.2) is 0 Å². The van der Waals surface area contributed by atoms with Crippen molar-refractivity contribution in [2.45, 2.75) is 19.5 Å². The van der Waals surface area contributed by atoms with Gasteiger partial charge in [-0.05, 0) is 31.2 Å². The molecule has 0 radical (unpaired) electrons. The van der Waals surface area contributed by atoms with E-state index < -0.39 is 0 Å². The van der Waals surface area contributed by atoms with Gasteiger partial charge in [0.25, 0.3) is 0 Å². The summed E-state index contributed by atoms with van der Waals surface area (Å²) in [6.07, 6.45) is 5.30. The summed E-state index contributed by atoms with van der Waals surface area (Å²) in [5.41, 5.74) is 2.15. The Bertz CT molecular complexity index is 868. The summed E-state index contributed by atoms with van der Waals surface area (Å²) in [5.74, 6) is 0.594. The summed E-state index contributed by atoms with van der Waals surface area (Å²) in [5, 5.41) is 17.1. The molecular weight excluding hydrogens is 324 g/mol. The monoisotopic (exact) mass is 338 g/mol. The fourth-order valence-electron chi connectivity index (χ4n) is 2.30. The maximum absolute atomic E-state index is 8.93. The Balaban J connectivity index is 1.69. The fraction of sp³-hybridized carbons (Fsp3) is 0.176. The van der Waals surface area contributed by atoms with Gasteiger partial charge in [-0.3, -0.25) is 4.68 Å². The van der Waals surface area contributed by atoms with E-state index in [9.17, 15) is 0 Å². The van der Waals surface area contributed by atoms with Gasteiger partial charge in [-0.25, -0.2) is 9.97 Å². The molecule has 0 aliphatic rings. The molecule has 1 atom stereocenters. The van der Waals surface area contributed by atoms with Crippen LogP contribution in [0.4, 0.5) is 5.95 Å². The van der Waals surface area contributed by atoms with E-state index in [2.05, 4.69) is 26.5 Å². The molecule has 0 unspecified atom stereocenters. The number of benzene rings is 1. The lowest BCUT2D eigenvalue weighted by atomic mass is 10.1. The average Bonchev–Trinajstić information content (AvgIpc) is 3.04. The number of hydrogen-bond acceptors (Lipinski definition) is 5. The number of nitriles is 1. The Labute approximate surface area is 144 Å². The second kappa shape index (κ2) is 7.11. The minimum Gasteiger partial charge on any atom is -0.350 e. The Morgan fingerprint density at radius 2 is 2.08 bits per heavy atom. The van der Waals surface area contributed by atoms with E-state index in [0.29, 0.717) is 23.1 Å². The van der Waals surface area contributed by atoms with E-state index in [1.807, 2.05) is 29.9 Å². The highest BCUT2D eigenvalue weighted by Gasteiger charge is 2.09. The van der Waals surface area contributed by atoms with E-state index in [1.54, 1.807) is 30.6 Å². The molecular formula is C17H15ClN6. The Morgan fingerprint density at radius 3 is 2.79 bits per heavy atom. The summed E-state index contributed by atoms with van der Waals surface area (Å²) in [7, 11) is 0. The van der Waals surface area contributed by atoms with Crippen LogP contribution in [-0.4, -0.2) is 25.8 Å². The van der Waals surface area contributed by atoms with Crippen LogP contribution in [-0.2, 0) is 6.54 Å². The third-order valence-electron chi connectivity index (χ3n) is 3.43. The second-order valence-corrected chi connectivity index (χ2v) is 5.75. The first kappa shape index (κ1) is 16.0. The van der Waals surface area contributed by atoms with Crippen LogP contribution in [0, 0.1) is 11.3 Å². The van der Waals surface area contributed by atoms with E-state index >= 15 is 0 Å². The first-order valence-corrected chi connectivity index (χ1v) is 7.80. The van der Waals surface area contributed by atoms with Crippen LogP contribution in [0.5, 0.6) is 0 Å². The van der Waals surface area contributed by atoms with E-state index in [1.165, 1.54) is 0 Å². The lowest BCUT2D eigenvalue weighted by molar-refractivity contribution is 0.559. The summed E-state index contributed by atoms with van der Waals surface area (Å²) >= 11 is 6.08. The van der Waals surface area contributed by atoms with Crippen LogP contribution < -0.4 is 5.32 Å². The molecule has 0 spiro atoms. The van der Waals surface area contributed by atoms with Crippen molar-refractivity contribution in [1.82, 2.24) is 19.7 Å². The normalized spacial score (nSPS) is 11.7. The maximum atomic E-state index is 8.93. The highest BCUT2D eigenvalue weighted by Crippen LogP contribution is 2.24. The molecule has 7 heteroatoms. The molecule has 0 saturated carbocycles. The van der Waals surface area contributed by atoms with Crippen molar-refractivity contribution in [3.8, 4) is 17.3 Å². The van der Waals surface area contributed by atoms with Gasteiger partial charge in [0.1, 0.15) is 6.07 Å². The minimum absolute atomic E-state index is 0.115. The van der Waals surface area contributed by atoms with Crippen molar-refractivity contribution >= 4 is 17.5 Å². The number of hydrogen-bond donors (Lipinski definition) is 1. The molecule has 120 valence electrons. The molecule has 3 rings (SSSR count). The summed E-state index contributed by atoms with van der Waals surface area (Å²) in [4.78, 5) is 8.29. The van der Waals surface area contributed by atoms with Crippen molar-refractivity contribution in [3.63, 3.8) is 0 Å². The van der Waals surface area contributed by atoms with Crippen LogP contribution in [0.2, 0.25) is 5.02 Å². The van der Waals surface area contributed by atoms with Crippen LogP contribution >= 0.6 is 11.6 Å². The average molecular weight is 339 g/mol. The molecule has 0 saturated heterocycles. The van der Waals surface area contributed by atoms with Crippen LogP contribution in [0.25, 0.3) is 11.3 Å². The Hall–Kier alpha value is -2.91. The standard InChI is InChI=1S/C17H15ClN6/c1-12(22-17-20-6-2-7-21-17)11-24-8-5-16(23-24)13-3-4-14(10-19)15(18)9-13/h2-9,12H,11H2,1H3,(H,20,21,22)/t12-/m0/s1. The molecule has 1 aromatic carbocycles. The van der Waals surface area contributed by atoms with Gasteiger partial charge in [0.2, 0.25) is 5.95 Å². The van der Waals surface area contributed by atoms with Crippen molar-refractivity contribution < 1.29 is 0 Å². The molecule has 6 nitrogen and oxygen atoms in total. The zero-order chi connectivity index (χ0) is 16.9. The predicted molar refractivity (Wildman–Crippen MR) is 92.5 cm³/mol. The highest BCUT2D eigenvalue weighted by molar-refractivity contribution is 6.32.